The van der Waals surface area contributed by atoms with E-state index in [1.807, 2.05) is 0 Å². The monoisotopic (exact) mass is 248 g/mol. The first-order valence-corrected chi connectivity index (χ1v) is 5.80. The van der Waals surface area contributed by atoms with Crippen molar-refractivity contribution in [1.29, 1.82) is 0 Å². The molecule has 0 amide bonds. The van der Waals surface area contributed by atoms with E-state index in [9.17, 15) is 15.0 Å². The third-order valence-electron chi connectivity index (χ3n) is 2.72. The summed E-state index contributed by atoms with van der Waals surface area (Å²) in [5.41, 5.74) is 0.613. The number of aliphatic hydroxyl groups excluding tert-OH is 3. The molecule has 0 saturated carbocycles. The summed E-state index contributed by atoms with van der Waals surface area (Å²) < 4.78 is 0. The Bertz CT molecular complexity index is 467. The lowest BCUT2D eigenvalue weighted by Gasteiger charge is -2.10. The fourth-order valence-corrected chi connectivity index (χ4v) is 1.79. The molecule has 2 atom stereocenters. The van der Waals surface area contributed by atoms with E-state index in [0.29, 0.717) is 24.8 Å². The van der Waals surface area contributed by atoms with Crippen LogP contribution in [0, 0.1) is 23.7 Å². The molecule has 3 N–H and O–H groups in total. The summed E-state index contributed by atoms with van der Waals surface area (Å²) in [4.78, 5) is 11.7. The van der Waals surface area contributed by atoms with E-state index < -0.39 is 18.0 Å². The number of hydrogen-bond donors (Lipinski definition) is 3. The molecule has 0 aromatic rings. The molecule has 0 spiro atoms. The van der Waals surface area contributed by atoms with Gasteiger partial charge in [0, 0.05) is 6.61 Å². The van der Waals surface area contributed by atoms with E-state index in [2.05, 4.69) is 23.7 Å². The first-order chi connectivity index (χ1) is 8.63. The van der Waals surface area contributed by atoms with Crippen LogP contribution >= 0.6 is 0 Å². The highest BCUT2D eigenvalue weighted by Crippen LogP contribution is 2.27. The minimum Gasteiger partial charge on any atom is -0.396 e. The van der Waals surface area contributed by atoms with Gasteiger partial charge in [0.25, 0.3) is 0 Å². The second-order valence-corrected chi connectivity index (χ2v) is 3.96. The van der Waals surface area contributed by atoms with Crippen LogP contribution in [-0.4, -0.2) is 39.9 Å². The number of hydrogen-bond acceptors (Lipinski definition) is 4. The quantitative estimate of drug-likeness (QED) is 0.474. The van der Waals surface area contributed by atoms with Crippen LogP contribution in [0.4, 0.5) is 0 Å². The molecule has 18 heavy (non-hydrogen) atoms. The van der Waals surface area contributed by atoms with Crippen LogP contribution in [-0.2, 0) is 4.79 Å². The summed E-state index contributed by atoms with van der Waals surface area (Å²) in [6, 6.07) is 0. The van der Waals surface area contributed by atoms with Crippen molar-refractivity contribution in [2.45, 2.75) is 38.4 Å². The molecule has 96 valence electrons. The van der Waals surface area contributed by atoms with Gasteiger partial charge in [-0.25, -0.2) is 0 Å². The molecule has 0 saturated heterocycles. The molecule has 1 rings (SSSR count). The first kappa shape index (κ1) is 14.5. The molecule has 4 heteroatoms. The highest BCUT2D eigenvalue weighted by atomic mass is 16.3. The SMILES string of the molecule is CC#CC#CC1=C(CCCCO)C(O)C(O)C1=O. The number of ketones is 1. The molecular weight excluding hydrogens is 232 g/mol. The number of aliphatic hydroxyl groups is 3. The number of carbonyl (C=O) groups is 1. The van der Waals surface area contributed by atoms with Gasteiger partial charge < -0.3 is 15.3 Å². The second-order valence-electron chi connectivity index (χ2n) is 3.96. The van der Waals surface area contributed by atoms with Gasteiger partial charge in [-0.2, -0.15) is 0 Å². The third kappa shape index (κ3) is 3.21. The Balaban J connectivity index is 2.95. The van der Waals surface area contributed by atoms with Crippen LogP contribution in [0.5, 0.6) is 0 Å². The summed E-state index contributed by atoms with van der Waals surface area (Å²) in [5.74, 6) is 9.65. The van der Waals surface area contributed by atoms with Crippen molar-refractivity contribution < 1.29 is 20.1 Å². The van der Waals surface area contributed by atoms with Crippen LogP contribution in [0.15, 0.2) is 11.1 Å². The Morgan fingerprint density at radius 1 is 1.17 bits per heavy atom. The molecule has 2 unspecified atom stereocenters. The van der Waals surface area contributed by atoms with Gasteiger partial charge in [0.15, 0.2) is 0 Å². The molecule has 0 aromatic heterocycles. The molecule has 1 aliphatic rings. The van der Waals surface area contributed by atoms with Gasteiger partial charge in [0.05, 0.1) is 5.57 Å². The number of carbonyl (C=O) groups excluding carboxylic acids is 1. The summed E-state index contributed by atoms with van der Waals surface area (Å²) in [5, 5.41) is 28.0. The van der Waals surface area contributed by atoms with Crippen LogP contribution in [0.25, 0.3) is 0 Å². The van der Waals surface area contributed by atoms with Crippen molar-refractivity contribution in [3.63, 3.8) is 0 Å². The summed E-state index contributed by atoms with van der Waals surface area (Å²) in [6.45, 7) is 1.69. The largest absolute Gasteiger partial charge is 0.396 e. The number of rotatable bonds is 4. The Morgan fingerprint density at radius 2 is 1.89 bits per heavy atom. The fraction of sp³-hybridized carbons (Fsp3) is 0.500. The van der Waals surface area contributed by atoms with E-state index in [-0.39, 0.29) is 12.2 Å². The Morgan fingerprint density at radius 3 is 2.50 bits per heavy atom. The predicted octanol–water partition coefficient (Wildman–Crippen LogP) is -0.223. The highest BCUT2D eigenvalue weighted by Gasteiger charge is 2.38. The zero-order chi connectivity index (χ0) is 13.5. The molecule has 0 heterocycles. The van der Waals surface area contributed by atoms with Gasteiger partial charge >= 0.3 is 0 Å². The Labute approximate surface area is 106 Å². The molecular formula is C14H16O4. The van der Waals surface area contributed by atoms with Crippen molar-refractivity contribution >= 4 is 5.78 Å². The fourth-order valence-electron chi connectivity index (χ4n) is 1.79. The summed E-state index contributed by atoms with van der Waals surface area (Å²) >= 11 is 0. The molecule has 0 fully saturated rings. The first-order valence-electron chi connectivity index (χ1n) is 5.80. The van der Waals surface area contributed by atoms with Crippen molar-refractivity contribution in [3.05, 3.63) is 11.1 Å². The molecule has 0 aliphatic heterocycles. The van der Waals surface area contributed by atoms with Gasteiger partial charge in [0.1, 0.15) is 12.2 Å². The van der Waals surface area contributed by atoms with Crippen molar-refractivity contribution in [2.24, 2.45) is 0 Å². The van der Waals surface area contributed by atoms with Gasteiger partial charge in [-0.3, -0.25) is 4.79 Å². The van der Waals surface area contributed by atoms with E-state index >= 15 is 0 Å². The van der Waals surface area contributed by atoms with Crippen molar-refractivity contribution in [2.75, 3.05) is 6.61 Å². The van der Waals surface area contributed by atoms with Crippen LogP contribution in [0.3, 0.4) is 0 Å². The van der Waals surface area contributed by atoms with Crippen molar-refractivity contribution in [1.82, 2.24) is 0 Å². The van der Waals surface area contributed by atoms with Gasteiger partial charge in [-0.05, 0) is 49.5 Å². The number of unbranched alkanes of at least 4 members (excludes halogenated alkanes) is 1. The molecule has 0 bridgehead atoms. The normalized spacial score (nSPS) is 22.3. The van der Waals surface area contributed by atoms with E-state index in [0.717, 1.165) is 0 Å². The average molecular weight is 248 g/mol. The standard InChI is InChI=1S/C14H16O4/c1-2-3-4-7-10-11(8-5-6-9-15)13(17)14(18)12(10)16/h13-15,17-18H,5-6,8-9H2,1H3. The predicted molar refractivity (Wildman–Crippen MR) is 66.2 cm³/mol. The summed E-state index contributed by atoms with van der Waals surface area (Å²) in [7, 11) is 0. The third-order valence-corrected chi connectivity index (χ3v) is 2.72. The smallest absolute Gasteiger partial charge is 0.202 e. The van der Waals surface area contributed by atoms with Crippen molar-refractivity contribution in [3.8, 4) is 23.7 Å². The maximum atomic E-state index is 11.7. The van der Waals surface area contributed by atoms with Gasteiger partial charge in [-0.1, -0.05) is 5.92 Å². The highest BCUT2D eigenvalue weighted by molar-refractivity contribution is 6.07. The number of Topliss-reactive ketones (excluding diaryl/α,β-unsaturated/α-hetero) is 1. The summed E-state index contributed by atoms with van der Waals surface area (Å²) in [6.07, 6.45) is -0.958. The van der Waals surface area contributed by atoms with E-state index in [1.54, 1.807) is 6.92 Å². The van der Waals surface area contributed by atoms with Crippen LogP contribution in [0.2, 0.25) is 0 Å². The minimum atomic E-state index is -1.42. The lowest BCUT2D eigenvalue weighted by molar-refractivity contribution is -0.125. The minimum absolute atomic E-state index is 0.0577. The van der Waals surface area contributed by atoms with E-state index in [4.69, 9.17) is 5.11 Å². The molecule has 0 aromatic carbocycles. The zero-order valence-corrected chi connectivity index (χ0v) is 10.2. The Kier molecular flexibility index (Phi) is 5.61. The maximum absolute atomic E-state index is 11.7. The molecule has 1 aliphatic carbocycles. The maximum Gasteiger partial charge on any atom is 0.202 e. The van der Waals surface area contributed by atoms with Gasteiger partial charge in [-0.15, -0.1) is 0 Å². The Hall–Kier alpha value is -1.59. The second kappa shape index (κ2) is 6.98. The molecule has 0 radical (unpaired) electrons. The lowest BCUT2D eigenvalue weighted by atomic mass is 10.0. The topological polar surface area (TPSA) is 77.8 Å². The lowest BCUT2D eigenvalue weighted by Crippen LogP contribution is -2.28. The van der Waals surface area contributed by atoms with Crippen LogP contribution < -0.4 is 0 Å². The van der Waals surface area contributed by atoms with E-state index in [1.165, 1.54) is 0 Å². The average Bonchev–Trinajstić information content (AvgIpc) is 2.56. The molecule has 4 nitrogen and oxygen atoms in total. The van der Waals surface area contributed by atoms with Gasteiger partial charge in [0.2, 0.25) is 5.78 Å². The van der Waals surface area contributed by atoms with Crippen LogP contribution in [0.1, 0.15) is 26.2 Å². The zero-order valence-electron chi connectivity index (χ0n) is 10.2.